The molecular weight excluding hydrogens is 366 g/mol. The lowest BCUT2D eigenvalue weighted by Gasteiger charge is -2.16. The van der Waals surface area contributed by atoms with Crippen molar-refractivity contribution in [2.24, 2.45) is 13.0 Å². The van der Waals surface area contributed by atoms with E-state index in [1.165, 1.54) is 10.6 Å². The zero-order valence-electron chi connectivity index (χ0n) is 16.5. The number of rotatable bonds is 7. The van der Waals surface area contributed by atoms with Crippen LogP contribution in [0.5, 0.6) is 11.5 Å². The molecular formula is C21H24F2N2O3. The van der Waals surface area contributed by atoms with Gasteiger partial charge in [0.05, 0.1) is 23.2 Å². The van der Waals surface area contributed by atoms with Gasteiger partial charge in [-0.25, -0.2) is 0 Å². The molecule has 0 fully saturated rings. The van der Waals surface area contributed by atoms with Crippen LogP contribution < -0.4 is 15.0 Å². The number of halogens is 2. The van der Waals surface area contributed by atoms with Crippen LogP contribution >= 0.6 is 0 Å². The summed E-state index contributed by atoms with van der Waals surface area (Å²) in [5, 5.41) is 1.75. The minimum atomic E-state index is -2.97. The van der Waals surface area contributed by atoms with Gasteiger partial charge >= 0.3 is 6.61 Å². The molecule has 0 saturated heterocycles. The van der Waals surface area contributed by atoms with Crippen LogP contribution in [-0.2, 0) is 7.05 Å². The summed E-state index contributed by atoms with van der Waals surface area (Å²) in [4.78, 5) is 17.0. The molecule has 5 nitrogen and oxygen atoms in total. The van der Waals surface area contributed by atoms with Gasteiger partial charge in [-0.1, -0.05) is 13.8 Å². The number of aromatic nitrogens is 2. The molecule has 3 rings (SSSR count). The highest BCUT2D eigenvalue weighted by Gasteiger charge is 2.18. The van der Waals surface area contributed by atoms with Crippen LogP contribution in [0.1, 0.15) is 32.4 Å². The second kappa shape index (κ2) is 8.12. The second-order valence-electron chi connectivity index (χ2n) is 7.26. The van der Waals surface area contributed by atoms with Gasteiger partial charge in [0.2, 0.25) is 0 Å². The Morgan fingerprint density at radius 2 is 1.93 bits per heavy atom. The van der Waals surface area contributed by atoms with E-state index in [1.54, 1.807) is 32.3 Å². The average Bonchev–Trinajstić information content (AvgIpc) is 2.63. The molecule has 0 N–H and O–H groups in total. The Hall–Kier alpha value is -2.70. The largest absolute Gasteiger partial charge is 0.490 e. The number of alkyl halides is 2. The molecule has 2 heterocycles. The summed E-state index contributed by atoms with van der Waals surface area (Å²) in [7, 11) is 1.65. The molecule has 0 spiro atoms. The van der Waals surface area contributed by atoms with Gasteiger partial charge in [-0.05, 0) is 37.8 Å². The Morgan fingerprint density at radius 3 is 2.61 bits per heavy atom. The summed E-state index contributed by atoms with van der Waals surface area (Å²) in [6.45, 7) is 3.38. The SMILES string of the molecule is Cc1nccc2c1c(=O)n(C)c1cc(OCCCC(C)C)c(OC(F)F)cc21. The molecule has 0 saturated carbocycles. The van der Waals surface area contributed by atoms with Crippen LogP contribution in [0, 0.1) is 12.8 Å². The first-order valence-corrected chi connectivity index (χ1v) is 9.29. The second-order valence-corrected chi connectivity index (χ2v) is 7.26. The van der Waals surface area contributed by atoms with Gasteiger partial charge in [0.1, 0.15) is 0 Å². The van der Waals surface area contributed by atoms with Crippen LogP contribution in [0.2, 0.25) is 0 Å². The highest BCUT2D eigenvalue weighted by Crippen LogP contribution is 2.36. The summed E-state index contributed by atoms with van der Waals surface area (Å²) in [6, 6.07) is 4.82. The molecule has 2 aromatic heterocycles. The van der Waals surface area contributed by atoms with Crippen molar-refractivity contribution in [1.82, 2.24) is 9.55 Å². The Labute approximate surface area is 161 Å². The van der Waals surface area contributed by atoms with Gasteiger partial charge in [-0.2, -0.15) is 8.78 Å². The summed E-state index contributed by atoms with van der Waals surface area (Å²) in [5.41, 5.74) is 0.982. The van der Waals surface area contributed by atoms with Crippen molar-refractivity contribution in [2.45, 2.75) is 40.2 Å². The third kappa shape index (κ3) is 3.93. The van der Waals surface area contributed by atoms with Crippen molar-refractivity contribution < 1.29 is 18.3 Å². The monoisotopic (exact) mass is 390 g/mol. The number of aryl methyl sites for hydroxylation is 2. The third-order valence-electron chi connectivity index (χ3n) is 4.77. The molecule has 0 aliphatic carbocycles. The Kier molecular flexibility index (Phi) is 5.82. The predicted octanol–water partition coefficient (Wildman–Crippen LogP) is 4.81. The molecule has 0 amide bonds. The van der Waals surface area contributed by atoms with E-state index < -0.39 is 6.61 Å². The van der Waals surface area contributed by atoms with E-state index in [0.717, 1.165) is 12.8 Å². The Balaban J connectivity index is 2.16. The molecule has 0 aliphatic heterocycles. The van der Waals surface area contributed by atoms with Crippen LogP contribution in [0.4, 0.5) is 8.78 Å². The maximum absolute atomic E-state index is 13.0. The first-order valence-electron chi connectivity index (χ1n) is 9.29. The van der Waals surface area contributed by atoms with Crippen molar-refractivity contribution in [3.63, 3.8) is 0 Å². The van der Waals surface area contributed by atoms with Crippen LogP contribution in [-0.4, -0.2) is 22.8 Å². The van der Waals surface area contributed by atoms with Crippen LogP contribution in [0.25, 0.3) is 21.7 Å². The summed E-state index contributed by atoms with van der Waals surface area (Å²) in [6.07, 6.45) is 3.36. The Morgan fingerprint density at radius 1 is 1.18 bits per heavy atom. The minimum absolute atomic E-state index is 0.0403. The fourth-order valence-electron chi connectivity index (χ4n) is 3.35. The quantitative estimate of drug-likeness (QED) is 0.429. The maximum atomic E-state index is 13.0. The number of nitrogens with zero attached hydrogens (tertiary/aromatic N) is 2. The minimum Gasteiger partial charge on any atom is -0.490 e. The van der Waals surface area contributed by atoms with Gasteiger partial charge in [0.25, 0.3) is 5.56 Å². The fourth-order valence-corrected chi connectivity index (χ4v) is 3.35. The van der Waals surface area contributed by atoms with Gasteiger partial charge in [0, 0.05) is 30.1 Å². The molecule has 3 aromatic rings. The zero-order valence-corrected chi connectivity index (χ0v) is 16.5. The first kappa shape index (κ1) is 20.0. The fraction of sp³-hybridized carbons (Fsp3) is 0.429. The summed E-state index contributed by atoms with van der Waals surface area (Å²) >= 11 is 0. The topological polar surface area (TPSA) is 53.4 Å². The van der Waals surface area contributed by atoms with Gasteiger partial charge in [-0.15, -0.1) is 0 Å². The van der Waals surface area contributed by atoms with Crippen molar-refractivity contribution in [1.29, 1.82) is 0 Å². The molecule has 0 aliphatic rings. The highest BCUT2D eigenvalue weighted by molar-refractivity contribution is 6.07. The maximum Gasteiger partial charge on any atom is 0.387 e. The van der Waals surface area contributed by atoms with Crippen LogP contribution in [0.3, 0.4) is 0 Å². The summed E-state index contributed by atoms with van der Waals surface area (Å²) < 4.78 is 37.9. The summed E-state index contributed by atoms with van der Waals surface area (Å²) in [5.74, 6) is 0.694. The number of hydrogen-bond donors (Lipinski definition) is 0. The van der Waals surface area contributed by atoms with E-state index in [4.69, 9.17) is 9.47 Å². The highest BCUT2D eigenvalue weighted by atomic mass is 19.3. The molecule has 7 heteroatoms. The number of hydrogen-bond acceptors (Lipinski definition) is 4. The molecule has 0 bridgehead atoms. The molecule has 0 radical (unpaired) electrons. The molecule has 28 heavy (non-hydrogen) atoms. The number of ether oxygens (including phenoxy) is 2. The number of benzene rings is 1. The van der Waals surface area contributed by atoms with Crippen molar-refractivity contribution >= 4 is 21.7 Å². The van der Waals surface area contributed by atoms with Crippen molar-refractivity contribution in [2.75, 3.05) is 6.61 Å². The molecule has 150 valence electrons. The molecule has 0 atom stereocenters. The average molecular weight is 390 g/mol. The lowest BCUT2D eigenvalue weighted by molar-refractivity contribution is -0.0514. The van der Waals surface area contributed by atoms with Crippen LogP contribution in [0.15, 0.2) is 29.2 Å². The number of pyridine rings is 2. The number of fused-ring (bicyclic) bond motifs is 3. The predicted molar refractivity (Wildman–Crippen MR) is 105 cm³/mol. The van der Waals surface area contributed by atoms with Gasteiger partial charge < -0.3 is 14.0 Å². The lowest BCUT2D eigenvalue weighted by atomic mass is 10.1. The van der Waals surface area contributed by atoms with E-state index in [2.05, 4.69) is 18.8 Å². The van der Waals surface area contributed by atoms with E-state index in [9.17, 15) is 13.6 Å². The van der Waals surface area contributed by atoms with E-state index in [-0.39, 0.29) is 17.1 Å². The zero-order chi connectivity index (χ0) is 20.4. The van der Waals surface area contributed by atoms with E-state index >= 15 is 0 Å². The molecule has 0 unspecified atom stereocenters. The van der Waals surface area contributed by atoms with Gasteiger partial charge in [0.15, 0.2) is 11.5 Å². The lowest BCUT2D eigenvalue weighted by Crippen LogP contribution is -2.19. The normalized spacial score (nSPS) is 11.7. The molecule has 1 aromatic carbocycles. The van der Waals surface area contributed by atoms with Crippen molar-refractivity contribution in [3.05, 3.63) is 40.4 Å². The van der Waals surface area contributed by atoms with Crippen molar-refractivity contribution in [3.8, 4) is 11.5 Å². The van der Waals surface area contributed by atoms with E-state index in [1.807, 2.05) is 0 Å². The van der Waals surface area contributed by atoms with E-state index in [0.29, 0.717) is 39.9 Å². The smallest absolute Gasteiger partial charge is 0.387 e. The third-order valence-corrected chi connectivity index (χ3v) is 4.77. The standard InChI is InChI=1S/C21H24F2N2O3/c1-12(2)6-5-9-27-17-11-16-15(10-18(17)28-21(22)23)14-7-8-24-13(3)19(14)20(26)25(16)4/h7-8,10-12,21H,5-6,9H2,1-4H3. The van der Waals surface area contributed by atoms with Gasteiger partial charge in [-0.3, -0.25) is 9.78 Å². The Bertz CT molecular complexity index is 1060. The first-order chi connectivity index (χ1) is 13.3.